The lowest BCUT2D eigenvalue weighted by Gasteiger charge is -2.17. The van der Waals surface area contributed by atoms with Gasteiger partial charge in [-0.05, 0) is 36.2 Å². The van der Waals surface area contributed by atoms with E-state index in [1.165, 1.54) is 17.7 Å². The summed E-state index contributed by atoms with van der Waals surface area (Å²) in [5.41, 5.74) is 7.17. The van der Waals surface area contributed by atoms with Crippen LogP contribution < -0.4 is 5.73 Å². The Bertz CT molecular complexity index is 713. The van der Waals surface area contributed by atoms with Crippen molar-refractivity contribution < 1.29 is 9.18 Å². The van der Waals surface area contributed by atoms with Crippen LogP contribution >= 0.6 is 28.3 Å². The molecule has 0 saturated carbocycles. The minimum Gasteiger partial charge on any atom is -0.338 e. The van der Waals surface area contributed by atoms with E-state index in [0.29, 0.717) is 24.1 Å². The van der Waals surface area contributed by atoms with Gasteiger partial charge in [0.1, 0.15) is 5.82 Å². The van der Waals surface area contributed by atoms with Crippen molar-refractivity contribution in [1.82, 2.24) is 4.90 Å². The molecule has 0 bridgehead atoms. The van der Waals surface area contributed by atoms with Crippen molar-refractivity contribution in [2.24, 2.45) is 11.7 Å². The molecule has 1 fully saturated rings. The Morgan fingerprint density at radius 3 is 2.58 bits per heavy atom. The van der Waals surface area contributed by atoms with Gasteiger partial charge in [0.15, 0.2) is 0 Å². The van der Waals surface area contributed by atoms with Crippen LogP contribution in [0, 0.1) is 11.7 Å². The molecule has 1 aliphatic heterocycles. The number of hydrogen-bond donors (Lipinski definition) is 1. The van der Waals surface area contributed by atoms with E-state index in [2.05, 4.69) is 28.1 Å². The predicted octanol–water partition coefficient (Wildman–Crippen LogP) is 3.82. The normalized spacial score (nSPS) is 19.9. The molecule has 2 aromatic rings. The Hall–Kier alpha value is -1.43. The highest BCUT2D eigenvalue weighted by Crippen LogP contribution is 2.33. The zero-order valence-electron chi connectivity index (χ0n) is 13.0. The predicted molar refractivity (Wildman–Crippen MR) is 99.0 cm³/mol. The number of nitrogens with two attached hydrogens (primary N) is 1. The topological polar surface area (TPSA) is 46.3 Å². The Kier molecular flexibility index (Phi) is 6.38. The van der Waals surface area contributed by atoms with Gasteiger partial charge >= 0.3 is 0 Å². The molecule has 1 amide bonds. The van der Waals surface area contributed by atoms with E-state index < -0.39 is 5.82 Å². The maximum atomic E-state index is 14.0. The summed E-state index contributed by atoms with van der Waals surface area (Å²) in [7, 11) is 0. The number of hydrogen-bond acceptors (Lipinski definition) is 2. The van der Waals surface area contributed by atoms with Gasteiger partial charge in [0.05, 0.1) is 5.56 Å². The standard InChI is InChI=1S/C18H18BrFN2O.ClH/c19-14-6-7-17(20)15(8-14)18(23)22-10-13(9-21)16(11-22)12-4-2-1-3-5-12;/h1-8,13,16H,9-11,21H2;1H/t13-,16+;/m1./s1. The zero-order chi connectivity index (χ0) is 16.4. The highest BCUT2D eigenvalue weighted by atomic mass is 79.9. The number of benzene rings is 2. The van der Waals surface area contributed by atoms with E-state index in [1.807, 2.05) is 18.2 Å². The Labute approximate surface area is 155 Å². The molecular formula is C18H19BrClFN2O. The van der Waals surface area contributed by atoms with Gasteiger partial charge in [0, 0.05) is 23.5 Å². The highest BCUT2D eigenvalue weighted by Gasteiger charge is 2.36. The van der Waals surface area contributed by atoms with Gasteiger partial charge in [-0.25, -0.2) is 4.39 Å². The van der Waals surface area contributed by atoms with Crippen LogP contribution in [0.5, 0.6) is 0 Å². The molecule has 2 N–H and O–H groups in total. The highest BCUT2D eigenvalue weighted by molar-refractivity contribution is 9.10. The summed E-state index contributed by atoms with van der Waals surface area (Å²) in [6.07, 6.45) is 0. The average molecular weight is 414 g/mol. The molecule has 0 unspecified atom stereocenters. The van der Waals surface area contributed by atoms with Crippen LogP contribution in [0.25, 0.3) is 0 Å². The third-order valence-electron chi connectivity index (χ3n) is 4.42. The van der Waals surface area contributed by atoms with E-state index in [1.54, 1.807) is 11.0 Å². The Morgan fingerprint density at radius 1 is 1.21 bits per heavy atom. The van der Waals surface area contributed by atoms with Crippen molar-refractivity contribution in [2.45, 2.75) is 5.92 Å². The fourth-order valence-corrected chi connectivity index (χ4v) is 3.55. The van der Waals surface area contributed by atoms with Crippen LogP contribution in [-0.2, 0) is 0 Å². The first-order valence-corrected chi connectivity index (χ1v) is 8.38. The summed E-state index contributed by atoms with van der Waals surface area (Å²) in [5.74, 6) is -0.386. The summed E-state index contributed by atoms with van der Waals surface area (Å²) >= 11 is 3.29. The minimum absolute atomic E-state index is 0. The minimum atomic E-state index is -0.495. The van der Waals surface area contributed by atoms with Crippen LogP contribution in [0.2, 0.25) is 0 Å². The molecule has 24 heavy (non-hydrogen) atoms. The molecule has 0 spiro atoms. The van der Waals surface area contributed by atoms with Crippen molar-refractivity contribution in [3.8, 4) is 0 Å². The van der Waals surface area contributed by atoms with Crippen LogP contribution in [-0.4, -0.2) is 30.4 Å². The van der Waals surface area contributed by atoms with Crippen molar-refractivity contribution in [2.75, 3.05) is 19.6 Å². The van der Waals surface area contributed by atoms with E-state index in [4.69, 9.17) is 5.73 Å². The van der Waals surface area contributed by atoms with Crippen LogP contribution in [0.4, 0.5) is 4.39 Å². The van der Waals surface area contributed by atoms with E-state index in [9.17, 15) is 9.18 Å². The molecule has 3 rings (SSSR count). The third kappa shape index (κ3) is 3.79. The van der Waals surface area contributed by atoms with E-state index in [-0.39, 0.29) is 35.7 Å². The number of carbonyl (C=O) groups is 1. The summed E-state index contributed by atoms with van der Waals surface area (Å²) in [4.78, 5) is 14.4. The number of carbonyl (C=O) groups excluding carboxylic acids is 1. The number of halogens is 3. The summed E-state index contributed by atoms with van der Waals surface area (Å²) < 4.78 is 14.7. The van der Waals surface area contributed by atoms with Gasteiger partial charge in [-0.2, -0.15) is 0 Å². The summed E-state index contributed by atoms with van der Waals surface area (Å²) in [6, 6.07) is 14.5. The molecule has 3 nitrogen and oxygen atoms in total. The Morgan fingerprint density at radius 2 is 1.92 bits per heavy atom. The molecule has 0 radical (unpaired) electrons. The fraction of sp³-hybridized carbons (Fsp3) is 0.278. The number of amides is 1. The number of nitrogens with zero attached hydrogens (tertiary/aromatic N) is 1. The molecule has 1 heterocycles. The van der Waals surface area contributed by atoms with Gasteiger partial charge in [-0.1, -0.05) is 46.3 Å². The van der Waals surface area contributed by atoms with Crippen molar-refractivity contribution in [1.29, 1.82) is 0 Å². The summed E-state index contributed by atoms with van der Waals surface area (Å²) in [5, 5.41) is 0. The fourth-order valence-electron chi connectivity index (χ4n) is 3.19. The number of likely N-dealkylation sites (tertiary alicyclic amines) is 1. The van der Waals surface area contributed by atoms with Crippen LogP contribution in [0.3, 0.4) is 0 Å². The van der Waals surface area contributed by atoms with Crippen LogP contribution in [0.1, 0.15) is 21.8 Å². The molecule has 0 aromatic heterocycles. The lowest BCUT2D eigenvalue weighted by Crippen LogP contribution is -2.30. The largest absolute Gasteiger partial charge is 0.338 e. The number of rotatable bonds is 3. The van der Waals surface area contributed by atoms with Crippen LogP contribution in [0.15, 0.2) is 53.0 Å². The Balaban J connectivity index is 0.00000208. The molecular weight excluding hydrogens is 395 g/mol. The lowest BCUT2D eigenvalue weighted by molar-refractivity contribution is 0.0781. The second-order valence-corrected chi connectivity index (χ2v) is 6.76. The van der Waals surface area contributed by atoms with Gasteiger partial charge < -0.3 is 10.6 Å². The molecule has 128 valence electrons. The molecule has 1 saturated heterocycles. The van der Waals surface area contributed by atoms with Crippen molar-refractivity contribution in [3.63, 3.8) is 0 Å². The smallest absolute Gasteiger partial charge is 0.256 e. The average Bonchev–Trinajstić information content (AvgIpc) is 3.01. The first-order valence-electron chi connectivity index (χ1n) is 7.59. The maximum absolute atomic E-state index is 14.0. The van der Waals surface area contributed by atoms with Gasteiger partial charge in [0.2, 0.25) is 0 Å². The third-order valence-corrected chi connectivity index (χ3v) is 4.91. The second-order valence-electron chi connectivity index (χ2n) is 5.85. The second kappa shape index (κ2) is 8.10. The van der Waals surface area contributed by atoms with Gasteiger partial charge in [0.25, 0.3) is 5.91 Å². The molecule has 2 aromatic carbocycles. The molecule has 6 heteroatoms. The van der Waals surface area contributed by atoms with Gasteiger partial charge in [-0.3, -0.25) is 4.79 Å². The maximum Gasteiger partial charge on any atom is 0.256 e. The van der Waals surface area contributed by atoms with Crippen molar-refractivity contribution in [3.05, 3.63) is 69.9 Å². The molecule has 1 aliphatic rings. The molecule has 2 atom stereocenters. The zero-order valence-corrected chi connectivity index (χ0v) is 15.4. The lowest BCUT2D eigenvalue weighted by atomic mass is 9.89. The quantitative estimate of drug-likeness (QED) is 0.831. The van der Waals surface area contributed by atoms with E-state index in [0.717, 1.165) is 0 Å². The van der Waals surface area contributed by atoms with Gasteiger partial charge in [-0.15, -0.1) is 12.4 Å². The first-order chi connectivity index (χ1) is 11.1. The first kappa shape index (κ1) is 18.9. The van der Waals surface area contributed by atoms with Crippen molar-refractivity contribution >= 4 is 34.2 Å². The summed E-state index contributed by atoms with van der Waals surface area (Å²) in [6.45, 7) is 1.63. The van der Waals surface area contributed by atoms with E-state index >= 15 is 0 Å². The monoisotopic (exact) mass is 412 g/mol. The SMILES string of the molecule is Cl.NC[C@@H]1CN(C(=O)c2cc(Br)ccc2F)C[C@H]1c1ccccc1. The molecule has 0 aliphatic carbocycles.